The predicted octanol–water partition coefficient (Wildman–Crippen LogP) is 5.15. The van der Waals surface area contributed by atoms with Crippen LogP contribution in [0.3, 0.4) is 0 Å². The third-order valence-corrected chi connectivity index (χ3v) is 7.30. The molecule has 3 rings (SSSR count). The van der Waals surface area contributed by atoms with Crippen LogP contribution < -0.4 is 20.3 Å². The van der Waals surface area contributed by atoms with Gasteiger partial charge in [-0.3, -0.25) is 0 Å². The fourth-order valence-corrected chi connectivity index (χ4v) is 5.18. The average Bonchev–Trinajstić information content (AvgIpc) is 2.84. The smallest absolute Gasteiger partial charge is 0.323 e. The summed E-state index contributed by atoms with van der Waals surface area (Å²) in [6.07, 6.45) is 0.597. The van der Waals surface area contributed by atoms with Crippen LogP contribution in [0.5, 0.6) is 5.75 Å². The van der Waals surface area contributed by atoms with Gasteiger partial charge in [-0.15, -0.1) is 0 Å². The fourth-order valence-electron chi connectivity index (χ4n) is 3.67. The molecule has 0 radical (unpaired) electrons. The molecule has 192 valence electrons. The number of hydrogen-bond acceptors (Lipinski definition) is 5. The Morgan fingerprint density at radius 3 is 2.14 bits per heavy atom. The van der Waals surface area contributed by atoms with Gasteiger partial charge in [0, 0.05) is 44.2 Å². The highest BCUT2D eigenvalue weighted by Crippen LogP contribution is 2.27. The summed E-state index contributed by atoms with van der Waals surface area (Å²) in [5, 5.41) is 5.55. The van der Waals surface area contributed by atoms with Gasteiger partial charge in [0.15, 0.2) is 0 Å². The Morgan fingerprint density at radius 2 is 1.56 bits per heavy atom. The van der Waals surface area contributed by atoms with Gasteiger partial charge in [-0.05, 0) is 78.7 Å². The zero-order valence-corrected chi connectivity index (χ0v) is 21.6. The van der Waals surface area contributed by atoms with Crippen molar-refractivity contribution < 1.29 is 22.3 Å². The maximum atomic E-state index is 13.4. The van der Waals surface area contributed by atoms with E-state index in [-0.39, 0.29) is 18.0 Å². The van der Waals surface area contributed by atoms with Crippen LogP contribution in [-0.2, 0) is 16.6 Å². The number of hydrogen-bond donors (Lipinski definition) is 2. The van der Waals surface area contributed by atoms with Crippen molar-refractivity contribution in [2.45, 2.75) is 24.8 Å². The topological polar surface area (TPSA) is 91.0 Å². The average molecular weight is 515 g/mol. The van der Waals surface area contributed by atoms with E-state index >= 15 is 0 Å². The summed E-state index contributed by atoms with van der Waals surface area (Å²) in [6.45, 7) is 2.25. The van der Waals surface area contributed by atoms with Gasteiger partial charge in [0.1, 0.15) is 11.6 Å². The van der Waals surface area contributed by atoms with Crippen LogP contribution in [0.2, 0.25) is 0 Å². The van der Waals surface area contributed by atoms with Crippen LogP contribution in [-0.4, -0.2) is 46.5 Å². The normalized spacial score (nSPS) is 11.3. The van der Waals surface area contributed by atoms with Crippen LogP contribution >= 0.6 is 0 Å². The molecule has 0 aliphatic rings. The van der Waals surface area contributed by atoms with Crippen molar-refractivity contribution in [2.24, 2.45) is 0 Å². The molecule has 2 N–H and O–H groups in total. The minimum Gasteiger partial charge on any atom is -0.497 e. The Labute approximate surface area is 211 Å². The van der Waals surface area contributed by atoms with Crippen LogP contribution in [0, 0.1) is 5.82 Å². The molecule has 3 aromatic carbocycles. The third-order valence-electron chi connectivity index (χ3n) is 5.44. The Bertz CT molecular complexity index is 1280. The Morgan fingerprint density at radius 1 is 0.944 bits per heavy atom. The summed E-state index contributed by atoms with van der Waals surface area (Å²) in [5.41, 5.74) is 2.63. The molecule has 3 aromatic rings. The number of methoxy groups -OCH3 is 1. The highest BCUT2D eigenvalue weighted by atomic mass is 32.2. The highest BCUT2D eigenvalue weighted by Gasteiger charge is 2.25. The van der Waals surface area contributed by atoms with Gasteiger partial charge in [0.25, 0.3) is 0 Å². The summed E-state index contributed by atoms with van der Waals surface area (Å²) in [5.74, 6) is 0.176. The molecule has 0 saturated carbocycles. The molecule has 0 aromatic heterocycles. The third kappa shape index (κ3) is 6.73. The van der Waals surface area contributed by atoms with E-state index in [1.165, 1.54) is 16.4 Å². The number of halogens is 1. The Hall–Kier alpha value is -3.63. The number of nitrogens with one attached hydrogen (secondary N) is 2. The van der Waals surface area contributed by atoms with Gasteiger partial charge in [-0.25, -0.2) is 17.6 Å². The molecule has 0 bridgehead atoms. The van der Waals surface area contributed by atoms with Crippen molar-refractivity contribution in [1.82, 2.24) is 4.31 Å². The van der Waals surface area contributed by atoms with Crippen molar-refractivity contribution >= 4 is 33.1 Å². The molecule has 0 aliphatic carbocycles. The van der Waals surface area contributed by atoms with Crippen LogP contribution in [0.4, 0.5) is 26.2 Å². The summed E-state index contributed by atoms with van der Waals surface area (Å²) in [4.78, 5) is 14.5. The molecular weight excluding hydrogens is 483 g/mol. The summed E-state index contributed by atoms with van der Waals surface area (Å²) < 4.78 is 46.5. The van der Waals surface area contributed by atoms with Gasteiger partial charge in [0.05, 0.1) is 12.0 Å². The maximum absolute atomic E-state index is 13.4. The van der Waals surface area contributed by atoms with E-state index in [0.717, 1.165) is 17.8 Å². The van der Waals surface area contributed by atoms with E-state index in [1.54, 1.807) is 43.5 Å². The Balaban J connectivity index is 1.84. The second-order valence-electron chi connectivity index (χ2n) is 8.34. The largest absolute Gasteiger partial charge is 0.497 e. The van der Waals surface area contributed by atoms with E-state index in [4.69, 9.17) is 4.74 Å². The van der Waals surface area contributed by atoms with E-state index in [0.29, 0.717) is 29.1 Å². The number of nitrogens with zero attached hydrogens (tertiary/aromatic N) is 2. The zero-order chi connectivity index (χ0) is 26.3. The number of carbonyl (C=O) groups is 1. The number of sulfonamides is 1. The van der Waals surface area contributed by atoms with Gasteiger partial charge < -0.3 is 20.3 Å². The fraction of sp³-hybridized carbons (Fsp3) is 0.269. The number of benzene rings is 3. The number of urea groups is 1. The second-order valence-corrected chi connectivity index (χ2v) is 10.3. The molecule has 0 atom stereocenters. The first-order valence-electron chi connectivity index (χ1n) is 11.4. The number of rotatable bonds is 10. The first-order chi connectivity index (χ1) is 17.1. The van der Waals surface area contributed by atoms with Crippen LogP contribution in [0.25, 0.3) is 0 Å². The predicted molar refractivity (Wildman–Crippen MR) is 141 cm³/mol. The lowest BCUT2D eigenvalue weighted by Gasteiger charge is -2.25. The van der Waals surface area contributed by atoms with E-state index in [2.05, 4.69) is 10.6 Å². The van der Waals surface area contributed by atoms with Crippen molar-refractivity contribution in [3.8, 4) is 5.75 Å². The first kappa shape index (κ1) is 27.0. The van der Waals surface area contributed by atoms with E-state index in [9.17, 15) is 17.6 Å². The number of anilines is 3. The highest BCUT2D eigenvalue weighted by molar-refractivity contribution is 7.89. The maximum Gasteiger partial charge on any atom is 0.323 e. The lowest BCUT2D eigenvalue weighted by molar-refractivity contribution is 0.262. The first-order valence-corrected chi connectivity index (χ1v) is 12.9. The van der Waals surface area contributed by atoms with E-state index in [1.807, 2.05) is 32.0 Å². The zero-order valence-electron chi connectivity index (χ0n) is 20.8. The molecule has 0 fully saturated rings. The number of amides is 2. The lowest BCUT2D eigenvalue weighted by Crippen LogP contribution is -2.32. The van der Waals surface area contributed by atoms with Crippen molar-refractivity contribution in [1.29, 1.82) is 0 Å². The molecule has 8 nitrogen and oxygen atoms in total. The van der Waals surface area contributed by atoms with Gasteiger partial charge >= 0.3 is 6.03 Å². The molecule has 2 amide bonds. The summed E-state index contributed by atoms with van der Waals surface area (Å²) >= 11 is 0. The molecule has 0 aliphatic heterocycles. The monoisotopic (exact) mass is 514 g/mol. The van der Waals surface area contributed by atoms with Crippen molar-refractivity contribution in [3.63, 3.8) is 0 Å². The standard InChI is InChI=1S/C26H31FN4O4S/c1-5-16-31(36(33,34)24-13-6-20(27)7-14-24)18-19-17-22(10-15-25(19)30(2)3)29-26(32)28-21-8-11-23(35-4)12-9-21/h6-15,17H,5,16,18H2,1-4H3,(H2,28,29,32). The van der Waals surface area contributed by atoms with Crippen molar-refractivity contribution in [3.05, 3.63) is 78.1 Å². The number of carbonyl (C=O) groups excluding carboxylic acids is 1. The van der Waals surface area contributed by atoms with Crippen LogP contribution in [0.1, 0.15) is 18.9 Å². The van der Waals surface area contributed by atoms with Gasteiger partial charge in [-0.2, -0.15) is 4.31 Å². The van der Waals surface area contributed by atoms with E-state index < -0.39 is 21.9 Å². The molecule has 0 saturated heterocycles. The summed E-state index contributed by atoms with van der Waals surface area (Å²) in [6, 6.07) is 16.6. The molecule has 36 heavy (non-hydrogen) atoms. The SMILES string of the molecule is CCCN(Cc1cc(NC(=O)Nc2ccc(OC)cc2)ccc1N(C)C)S(=O)(=O)c1ccc(F)cc1. The minimum atomic E-state index is -3.86. The van der Waals surface area contributed by atoms with Crippen molar-refractivity contribution in [2.75, 3.05) is 43.3 Å². The molecule has 0 spiro atoms. The Kier molecular flexibility index (Phi) is 8.89. The lowest BCUT2D eigenvalue weighted by atomic mass is 10.1. The molecule has 0 unspecified atom stereocenters. The molecular formula is C26H31FN4O4S. The van der Waals surface area contributed by atoms with Gasteiger partial charge in [0.2, 0.25) is 10.0 Å². The van der Waals surface area contributed by atoms with Crippen LogP contribution in [0.15, 0.2) is 71.6 Å². The molecule has 0 heterocycles. The number of ether oxygens (including phenoxy) is 1. The molecule has 10 heteroatoms. The minimum absolute atomic E-state index is 0.0249. The second kappa shape index (κ2) is 11.9. The van der Waals surface area contributed by atoms with Gasteiger partial charge in [-0.1, -0.05) is 6.92 Å². The summed E-state index contributed by atoms with van der Waals surface area (Å²) in [7, 11) is 1.43. The quantitative estimate of drug-likeness (QED) is 0.391.